The second-order valence-electron chi connectivity index (χ2n) is 5.42. The lowest BCUT2D eigenvalue weighted by molar-refractivity contribution is -0.122. The second kappa shape index (κ2) is 7.40. The van der Waals surface area contributed by atoms with Gasteiger partial charge in [-0.3, -0.25) is 9.48 Å². The van der Waals surface area contributed by atoms with Crippen molar-refractivity contribution in [3.8, 4) is 0 Å². The maximum atomic E-state index is 12.3. The van der Waals surface area contributed by atoms with Crippen molar-refractivity contribution in [3.63, 3.8) is 0 Å². The van der Waals surface area contributed by atoms with E-state index in [1.54, 1.807) is 17.1 Å². The van der Waals surface area contributed by atoms with E-state index in [2.05, 4.69) is 22.5 Å². The van der Waals surface area contributed by atoms with E-state index in [-0.39, 0.29) is 18.5 Å². The van der Waals surface area contributed by atoms with E-state index >= 15 is 0 Å². The Kier molecular flexibility index (Phi) is 4.84. The Morgan fingerprint density at radius 1 is 1.00 bits per heavy atom. The second-order valence-corrected chi connectivity index (χ2v) is 5.42. The lowest BCUT2D eigenvalue weighted by atomic mass is 9.99. The number of hydrogen-bond acceptors (Lipinski definition) is 2. The summed E-state index contributed by atoms with van der Waals surface area (Å²) in [5.74, 6) is -0.0431. The summed E-state index contributed by atoms with van der Waals surface area (Å²) in [6, 6.07) is 22.0. The molecule has 0 saturated heterocycles. The van der Waals surface area contributed by atoms with Crippen LogP contribution in [0, 0.1) is 0 Å². The average molecular weight is 305 g/mol. The van der Waals surface area contributed by atoms with Crippen molar-refractivity contribution in [3.05, 3.63) is 90.3 Å². The van der Waals surface area contributed by atoms with Crippen LogP contribution in [-0.2, 0) is 17.8 Å². The van der Waals surface area contributed by atoms with Crippen molar-refractivity contribution in [1.29, 1.82) is 0 Å². The first-order valence-electron chi connectivity index (χ1n) is 7.67. The summed E-state index contributed by atoms with van der Waals surface area (Å²) in [4.78, 5) is 12.3. The molecule has 0 fully saturated rings. The van der Waals surface area contributed by atoms with E-state index in [1.165, 1.54) is 5.56 Å². The highest BCUT2D eigenvalue weighted by atomic mass is 16.2. The fourth-order valence-electron chi connectivity index (χ4n) is 2.57. The van der Waals surface area contributed by atoms with E-state index in [0.29, 0.717) is 0 Å². The van der Waals surface area contributed by atoms with Crippen LogP contribution in [0.25, 0.3) is 0 Å². The number of hydrogen-bond donors (Lipinski definition) is 1. The van der Waals surface area contributed by atoms with Gasteiger partial charge in [-0.05, 0) is 23.6 Å². The minimum absolute atomic E-state index is 0.0431. The van der Waals surface area contributed by atoms with Gasteiger partial charge in [0.1, 0.15) is 6.54 Å². The third kappa shape index (κ3) is 4.30. The van der Waals surface area contributed by atoms with Gasteiger partial charge in [0.05, 0.1) is 6.04 Å². The Balaban J connectivity index is 1.73. The fraction of sp³-hybridized carbons (Fsp3) is 0.158. The van der Waals surface area contributed by atoms with Crippen molar-refractivity contribution in [1.82, 2.24) is 15.1 Å². The zero-order chi connectivity index (χ0) is 15.9. The first-order chi connectivity index (χ1) is 11.3. The molecule has 3 rings (SSSR count). The van der Waals surface area contributed by atoms with Gasteiger partial charge in [0.15, 0.2) is 0 Å². The highest BCUT2D eigenvalue weighted by Gasteiger charge is 2.15. The molecule has 1 amide bonds. The number of aromatic nitrogens is 2. The molecule has 4 nitrogen and oxygen atoms in total. The molecule has 1 unspecified atom stereocenters. The van der Waals surface area contributed by atoms with Gasteiger partial charge in [-0.1, -0.05) is 60.7 Å². The highest BCUT2D eigenvalue weighted by molar-refractivity contribution is 5.76. The maximum Gasteiger partial charge on any atom is 0.242 e. The summed E-state index contributed by atoms with van der Waals surface area (Å²) in [7, 11) is 0. The number of nitrogens with zero attached hydrogens (tertiary/aromatic N) is 2. The van der Waals surface area contributed by atoms with Crippen molar-refractivity contribution in [2.24, 2.45) is 0 Å². The highest BCUT2D eigenvalue weighted by Crippen LogP contribution is 2.18. The Labute approximate surface area is 135 Å². The molecule has 0 aliphatic heterocycles. The molecule has 0 saturated carbocycles. The number of amides is 1. The molecule has 1 aromatic heterocycles. The van der Waals surface area contributed by atoms with Gasteiger partial charge in [0.25, 0.3) is 0 Å². The normalized spacial score (nSPS) is 11.8. The van der Waals surface area contributed by atoms with Crippen LogP contribution in [0.3, 0.4) is 0 Å². The standard InChI is InChI=1S/C19H19N3O/c23-19(15-22-13-7-12-20-22)21-18(17-10-5-2-6-11-17)14-16-8-3-1-4-9-16/h1-13,18H,14-15H2,(H,21,23). The fourth-order valence-corrected chi connectivity index (χ4v) is 2.57. The third-order valence-corrected chi connectivity index (χ3v) is 3.68. The topological polar surface area (TPSA) is 46.9 Å². The summed E-state index contributed by atoms with van der Waals surface area (Å²) < 4.78 is 1.62. The summed E-state index contributed by atoms with van der Waals surface area (Å²) in [6.45, 7) is 0.227. The molecule has 1 atom stereocenters. The maximum absolute atomic E-state index is 12.3. The number of carbonyl (C=O) groups is 1. The lowest BCUT2D eigenvalue weighted by Crippen LogP contribution is -2.32. The lowest BCUT2D eigenvalue weighted by Gasteiger charge is -2.19. The number of nitrogens with one attached hydrogen (secondary N) is 1. The summed E-state index contributed by atoms with van der Waals surface area (Å²) in [6.07, 6.45) is 4.22. The minimum atomic E-state index is -0.0540. The summed E-state index contributed by atoms with van der Waals surface area (Å²) >= 11 is 0. The molecule has 4 heteroatoms. The smallest absolute Gasteiger partial charge is 0.242 e. The van der Waals surface area contributed by atoms with Crippen LogP contribution >= 0.6 is 0 Å². The molecule has 23 heavy (non-hydrogen) atoms. The Morgan fingerprint density at radius 3 is 2.35 bits per heavy atom. The van der Waals surface area contributed by atoms with Crippen molar-refractivity contribution in [2.45, 2.75) is 19.0 Å². The van der Waals surface area contributed by atoms with E-state index in [1.807, 2.05) is 54.6 Å². The zero-order valence-corrected chi connectivity index (χ0v) is 12.8. The van der Waals surface area contributed by atoms with Crippen molar-refractivity contribution < 1.29 is 4.79 Å². The molecule has 2 aromatic carbocycles. The largest absolute Gasteiger partial charge is 0.347 e. The molecule has 0 radical (unpaired) electrons. The van der Waals surface area contributed by atoms with Crippen LogP contribution in [0.5, 0.6) is 0 Å². The van der Waals surface area contributed by atoms with Crippen LogP contribution in [0.1, 0.15) is 17.2 Å². The minimum Gasteiger partial charge on any atom is -0.347 e. The SMILES string of the molecule is O=C(Cn1cccn1)NC(Cc1ccccc1)c1ccccc1. The van der Waals surface area contributed by atoms with E-state index in [4.69, 9.17) is 0 Å². The monoisotopic (exact) mass is 305 g/mol. The van der Waals surface area contributed by atoms with Gasteiger partial charge < -0.3 is 5.32 Å². The van der Waals surface area contributed by atoms with Crippen LogP contribution < -0.4 is 5.32 Å². The molecule has 0 spiro atoms. The average Bonchev–Trinajstić information content (AvgIpc) is 3.09. The van der Waals surface area contributed by atoms with Crippen LogP contribution in [0.15, 0.2) is 79.1 Å². The molecule has 0 aliphatic carbocycles. The third-order valence-electron chi connectivity index (χ3n) is 3.68. The molecular weight excluding hydrogens is 286 g/mol. The Morgan fingerprint density at radius 2 is 1.70 bits per heavy atom. The van der Waals surface area contributed by atoms with Crippen LogP contribution in [0.2, 0.25) is 0 Å². The molecular formula is C19H19N3O. The number of carbonyl (C=O) groups excluding carboxylic acids is 1. The van der Waals surface area contributed by atoms with Gasteiger partial charge in [-0.25, -0.2) is 0 Å². The summed E-state index contributed by atoms with van der Waals surface area (Å²) in [5.41, 5.74) is 2.30. The molecule has 0 aliphatic rings. The van der Waals surface area contributed by atoms with Gasteiger partial charge in [0, 0.05) is 12.4 Å². The molecule has 1 N–H and O–H groups in total. The molecule has 0 bridgehead atoms. The first-order valence-corrected chi connectivity index (χ1v) is 7.67. The molecule has 3 aromatic rings. The number of rotatable bonds is 6. The van der Waals surface area contributed by atoms with Gasteiger partial charge in [-0.2, -0.15) is 5.10 Å². The number of benzene rings is 2. The van der Waals surface area contributed by atoms with Crippen molar-refractivity contribution in [2.75, 3.05) is 0 Å². The Hall–Kier alpha value is -2.88. The van der Waals surface area contributed by atoms with E-state index < -0.39 is 0 Å². The predicted molar refractivity (Wildman–Crippen MR) is 89.7 cm³/mol. The van der Waals surface area contributed by atoms with Crippen molar-refractivity contribution >= 4 is 5.91 Å². The zero-order valence-electron chi connectivity index (χ0n) is 12.8. The summed E-state index contributed by atoms with van der Waals surface area (Å²) in [5, 5.41) is 7.20. The van der Waals surface area contributed by atoms with E-state index in [9.17, 15) is 4.79 Å². The van der Waals surface area contributed by atoms with Crippen LogP contribution in [0.4, 0.5) is 0 Å². The quantitative estimate of drug-likeness (QED) is 0.761. The van der Waals surface area contributed by atoms with Gasteiger partial charge >= 0.3 is 0 Å². The van der Waals surface area contributed by atoms with Crippen LogP contribution in [-0.4, -0.2) is 15.7 Å². The van der Waals surface area contributed by atoms with E-state index in [0.717, 1.165) is 12.0 Å². The van der Waals surface area contributed by atoms with Gasteiger partial charge in [0.2, 0.25) is 5.91 Å². The Bertz CT molecular complexity index is 724. The molecule has 1 heterocycles. The molecule has 116 valence electrons. The first kappa shape index (κ1) is 15.0. The van der Waals surface area contributed by atoms with Gasteiger partial charge in [-0.15, -0.1) is 0 Å². The predicted octanol–water partition coefficient (Wildman–Crippen LogP) is 2.98.